The first-order valence-electron chi connectivity index (χ1n) is 16.8. The molecule has 0 unspecified atom stereocenters. The molecule has 1 saturated carbocycles. The van der Waals surface area contributed by atoms with Gasteiger partial charge in [0.15, 0.2) is 12.0 Å². The van der Waals surface area contributed by atoms with E-state index in [1.54, 1.807) is 35.4 Å². The van der Waals surface area contributed by atoms with Gasteiger partial charge >= 0.3 is 0 Å². The third kappa shape index (κ3) is 6.84. The Labute approximate surface area is 279 Å². The van der Waals surface area contributed by atoms with Crippen LogP contribution in [0.1, 0.15) is 38.2 Å². The molecule has 4 fully saturated rings. The molecule has 1 aromatic heterocycles. The molecule has 250 valence electrons. The van der Waals surface area contributed by atoms with Gasteiger partial charge in [0.2, 0.25) is 5.91 Å². The molecule has 1 aliphatic carbocycles. The Hall–Kier alpha value is -4.60. The van der Waals surface area contributed by atoms with Crippen molar-refractivity contribution in [3.05, 3.63) is 60.3 Å². The molecule has 1 N–H and O–H groups in total. The average Bonchev–Trinajstić information content (AvgIpc) is 3.52. The lowest BCUT2D eigenvalue weighted by Gasteiger charge is -2.43. The van der Waals surface area contributed by atoms with Gasteiger partial charge in [-0.2, -0.15) is 5.26 Å². The van der Waals surface area contributed by atoms with Gasteiger partial charge in [-0.3, -0.25) is 14.5 Å². The van der Waals surface area contributed by atoms with Crippen LogP contribution in [0.15, 0.2) is 54.7 Å². The van der Waals surface area contributed by atoms with E-state index in [2.05, 4.69) is 43.3 Å². The Balaban J connectivity index is 0.969. The van der Waals surface area contributed by atoms with E-state index in [0.29, 0.717) is 36.1 Å². The predicted octanol–water partition coefficient (Wildman–Crippen LogP) is 4.36. The Morgan fingerprint density at radius 3 is 2.58 bits per heavy atom. The van der Waals surface area contributed by atoms with Gasteiger partial charge in [0.25, 0.3) is 0 Å². The number of amides is 1. The van der Waals surface area contributed by atoms with Crippen molar-refractivity contribution in [2.45, 2.75) is 57.0 Å². The first kappa shape index (κ1) is 32.0. The number of ketones is 1. The van der Waals surface area contributed by atoms with Crippen molar-refractivity contribution in [1.29, 1.82) is 5.26 Å². The second-order valence-electron chi connectivity index (χ2n) is 13.2. The van der Waals surface area contributed by atoms with Crippen LogP contribution in [0.5, 0.6) is 5.75 Å². The van der Waals surface area contributed by atoms with Gasteiger partial charge in [-0.15, -0.1) is 0 Å². The number of nitrogens with zero attached hydrogens (tertiary/aromatic N) is 6. The number of Topliss-reactive ketones (excluding diaryl/α,β-unsaturated/α-hetero) is 1. The maximum absolute atomic E-state index is 15.4. The van der Waals surface area contributed by atoms with E-state index in [1.165, 1.54) is 5.69 Å². The van der Waals surface area contributed by atoms with Gasteiger partial charge in [-0.1, -0.05) is 0 Å². The lowest BCUT2D eigenvalue weighted by Crippen LogP contribution is -2.56. The van der Waals surface area contributed by atoms with E-state index in [9.17, 15) is 14.9 Å². The first-order chi connectivity index (χ1) is 23.3. The summed E-state index contributed by atoms with van der Waals surface area (Å²) in [7, 11) is 0. The summed E-state index contributed by atoms with van der Waals surface area (Å²) in [5, 5.41) is 13.3. The number of ether oxygens (including phenoxy) is 2. The number of likely N-dealkylation sites (tertiary alicyclic amines) is 1. The van der Waals surface area contributed by atoms with Crippen LogP contribution in [0.25, 0.3) is 11.4 Å². The smallest absolute Gasteiger partial charge is 0.226 e. The molecule has 3 saturated heterocycles. The molecule has 4 aliphatic rings. The summed E-state index contributed by atoms with van der Waals surface area (Å²) in [5.41, 5.74) is 2.96. The fourth-order valence-electron chi connectivity index (χ4n) is 7.06. The highest BCUT2D eigenvalue weighted by atomic mass is 19.1. The van der Waals surface area contributed by atoms with Gasteiger partial charge in [0.05, 0.1) is 31.4 Å². The molecule has 0 radical (unpaired) electrons. The second-order valence-corrected chi connectivity index (χ2v) is 13.2. The average molecular weight is 654 g/mol. The molecule has 1 amide bonds. The van der Waals surface area contributed by atoms with Gasteiger partial charge in [-0.05, 0) is 61.9 Å². The van der Waals surface area contributed by atoms with Crippen LogP contribution >= 0.6 is 0 Å². The van der Waals surface area contributed by atoms with Gasteiger partial charge in [-0.25, -0.2) is 14.4 Å². The topological polar surface area (TPSA) is 124 Å². The van der Waals surface area contributed by atoms with Crippen LogP contribution < -0.4 is 15.0 Å². The molecule has 3 aromatic rings. The van der Waals surface area contributed by atoms with Gasteiger partial charge in [0.1, 0.15) is 29.5 Å². The van der Waals surface area contributed by atoms with E-state index in [0.717, 1.165) is 45.1 Å². The fraction of sp³-hybridized carbons (Fsp3) is 0.472. The Kier molecular flexibility index (Phi) is 9.23. The first-order valence-corrected chi connectivity index (χ1v) is 16.8. The van der Waals surface area contributed by atoms with Crippen molar-refractivity contribution in [2.24, 2.45) is 5.92 Å². The SMILES string of the molecule is C[C@H]1C[C@H](Oc2ccc(-c3nccc(Nc4ccc(N5CCN(C6COC6)CC5)cc4)n3)cc2C#N)[C@H](F)CN1C(=O)[C@@H]1CCC(=O)C1. The molecule has 0 spiro atoms. The number of rotatable bonds is 8. The number of anilines is 3. The normalized spacial score (nSPS) is 25.0. The number of alkyl halides is 1. The molecule has 12 heteroatoms. The Morgan fingerprint density at radius 2 is 1.90 bits per heavy atom. The number of halogens is 1. The number of carbonyl (C=O) groups is 2. The lowest BCUT2D eigenvalue weighted by atomic mass is 9.96. The molecule has 3 aliphatic heterocycles. The highest BCUT2D eigenvalue weighted by Gasteiger charge is 2.41. The van der Waals surface area contributed by atoms with E-state index < -0.39 is 12.3 Å². The molecule has 2 aromatic carbocycles. The number of nitrogens with one attached hydrogen (secondary N) is 1. The second kappa shape index (κ2) is 13.9. The standard InChI is InChI=1S/C36H40FN7O4/c1-23-16-33(31(37)20-44(23)36(46)25-2-8-30(45)18-25)48-32-9-3-24(17-26(32)19-38)35-39-11-10-34(41-35)40-27-4-6-28(7-5-27)42-12-14-43(15-13-42)29-21-47-22-29/h3-7,9-11,17,23,25,29,31,33H,2,8,12-16,18,20-22H2,1H3,(H,39,40,41)/t23-,25+,31+,33-/m0/s1. The van der Waals surface area contributed by atoms with Crippen molar-refractivity contribution < 1.29 is 23.5 Å². The summed E-state index contributed by atoms with van der Waals surface area (Å²) >= 11 is 0. The molecule has 4 heterocycles. The number of hydrogen-bond acceptors (Lipinski definition) is 10. The van der Waals surface area contributed by atoms with Crippen LogP contribution in [-0.4, -0.2) is 102 Å². The summed E-state index contributed by atoms with van der Waals surface area (Å²) in [6.07, 6.45) is 0.883. The maximum atomic E-state index is 15.4. The maximum Gasteiger partial charge on any atom is 0.226 e. The molecule has 11 nitrogen and oxygen atoms in total. The van der Waals surface area contributed by atoms with Crippen LogP contribution in [0.4, 0.5) is 21.6 Å². The van der Waals surface area contributed by atoms with Crippen LogP contribution in [0.3, 0.4) is 0 Å². The van der Waals surface area contributed by atoms with Crippen molar-refractivity contribution in [3.63, 3.8) is 0 Å². The summed E-state index contributed by atoms with van der Waals surface area (Å²) < 4.78 is 26.7. The zero-order valence-corrected chi connectivity index (χ0v) is 27.1. The van der Waals surface area contributed by atoms with Crippen molar-refractivity contribution >= 4 is 28.9 Å². The minimum atomic E-state index is -1.42. The summed E-state index contributed by atoms with van der Waals surface area (Å²) in [4.78, 5) is 40.2. The summed E-state index contributed by atoms with van der Waals surface area (Å²) in [6, 6.07) is 17.6. The number of aromatic nitrogens is 2. The largest absolute Gasteiger partial charge is 0.486 e. The molecule has 7 rings (SSSR count). The number of piperazine rings is 1. The summed E-state index contributed by atoms with van der Waals surface area (Å²) in [6.45, 7) is 7.53. The quantitative estimate of drug-likeness (QED) is 0.375. The number of hydrogen-bond donors (Lipinski definition) is 1. The van der Waals surface area contributed by atoms with E-state index in [1.807, 2.05) is 19.1 Å². The minimum absolute atomic E-state index is 0.0855. The molecule has 4 atom stereocenters. The van der Waals surface area contributed by atoms with Crippen molar-refractivity contribution in [1.82, 2.24) is 19.8 Å². The van der Waals surface area contributed by atoms with E-state index in [4.69, 9.17) is 9.47 Å². The van der Waals surface area contributed by atoms with Crippen LogP contribution in [0, 0.1) is 17.2 Å². The van der Waals surface area contributed by atoms with E-state index in [-0.39, 0.29) is 54.3 Å². The Bertz CT molecular complexity index is 1690. The third-order valence-electron chi connectivity index (χ3n) is 10.0. The molecular formula is C36H40FN7O4. The third-order valence-corrected chi connectivity index (χ3v) is 10.0. The van der Waals surface area contributed by atoms with Crippen LogP contribution in [0.2, 0.25) is 0 Å². The number of benzene rings is 2. The highest BCUT2D eigenvalue weighted by molar-refractivity contribution is 5.90. The number of piperidine rings is 1. The molecule has 48 heavy (non-hydrogen) atoms. The van der Waals surface area contributed by atoms with Gasteiger partial charge in [0, 0.05) is 80.5 Å². The number of nitriles is 1. The zero-order valence-electron chi connectivity index (χ0n) is 27.1. The van der Waals surface area contributed by atoms with Gasteiger partial charge < -0.3 is 24.6 Å². The van der Waals surface area contributed by atoms with Crippen LogP contribution in [-0.2, 0) is 14.3 Å². The number of carbonyl (C=O) groups excluding carboxylic acids is 2. The highest BCUT2D eigenvalue weighted by Crippen LogP contribution is 2.32. The minimum Gasteiger partial charge on any atom is -0.486 e. The molecule has 0 bridgehead atoms. The Morgan fingerprint density at radius 1 is 1.10 bits per heavy atom. The monoisotopic (exact) mass is 653 g/mol. The van der Waals surface area contributed by atoms with Crippen molar-refractivity contribution in [3.8, 4) is 23.2 Å². The van der Waals surface area contributed by atoms with Crippen molar-refractivity contribution in [2.75, 3.05) is 56.2 Å². The fourth-order valence-corrected chi connectivity index (χ4v) is 7.06. The zero-order chi connectivity index (χ0) is 33.2. The predicted molar refractivity (Wildman–Crippen MR) is 178 cm³/mol. The lowest BCUT2D eigenvalue weighted by molar-refractivity contribution is -0.143. The van der Waals surface area contributed by atoms with E-state index >= 15 is 4.39 Å². The molecular weight excluding hydrogens is 613 g/mol. The summed E-state index contributed by atoms with van der Waals surface area (Å²) in [5.74, 6) is 0.888.